The summed E-state index contributed by atoms with van der Waals surface area (Å²) >= 11 is 1.84. The van der Waals surface area contributed by atoms with Crippen molar-refractivity contribution in [3.63, 3.8) is 0 Å². The molecule has 14 heavy (non-hydrogen) atoms. The number of hydrogen-bond acceptors (Lipinski definition) is 3. The molecule has 0 amide bonds. The van der Waals surface area contributed by atoms with Crippen LogP contribution in [0.2, 0.25) is 0 Å². The van der Waals surface area contributed by atoms with E-state index >= 15 is 0 Å². The van der Waals surface area contributed by atoms with Gasteiger partial charge in [-0.1, -0.05) is 6.07 Å². The lowest BCUT2D eigenvalue weighted by atomic mass is 10.2. The van der Waals surface area contributed by atoms with Crippen molar-refractivity contribution in [2.45, 2.75) is 24.3 Å². The molecule has 72 valence electrons. The van der Waals surface area contributed by atoms with Gasteiger partial charge in [0.05, 0.1) is 12.5 Å². The molecule has 1 atom stereocenters. The molecule has 0 aromatic heterocycles. The van der Waals surface area contributed by atoms with E-state index in [0.717, 1.165) is 5.75 Å². The quantitative estimate of drug-likeness (QED) is 0.764. The van der Waals surface area contributed by atoms with Gasteiger partial charge in [-0.3, -0.25) is 0 Å². The third kappa shape index (κ3) is 1.85. The molecule has 1 heterocycles. The molecule has 2 nitrogen and oxygen atoms in total. The van der Waals surface area contributed by atoms with Gasteiger partial charge in [-0.05, 0) is 24.6 Å². The SMILES string of the molecule is Cc1ccc2c(c1)SCC(CC#N)N2. The molecule has 1 aliphatic heterocycles. The second kappa shape index (κ2) is 3.93. The highest BCUT2D eigenvalue weighted by Crippen LogP contribution is 2.34. The fourth-order valence-corrected chi connectivity index (χ4v) is 2.67. The first kappa shape index (κ1) is 9.42. The van der Waals surface area contributed by atoms with Gasteiger partial charge in [0.15, 0.2) is 0 Å². The predicted octanol–water partition coefficient (Wildman–Crippen LogP) is 2.79. The second-order valence-electron chi connectivity index (χ2n) is 3.51. The van der Waals surface area contributed by atoms with Crippen molar-refractivity contribution in [2.75, 3.05) is 11.1 Å². The van der Waals surface area contributed by atoms with Crippen molar-refractivity contribution in [3.05, 3.63) is 23.8 Å². The molecule has 0 radical (unpaired) electrons. The minimum atomic E-state index is 0.306. The normalized spacial score (nSPS) is 19.3. The van der Waals surface area contributed by atoms with Gasteiger partial charge < -0.3 is 5.32 Å². The summed E-state index contributed by atoms with van der Waals surface area (Å²) in [6, 6.07) is 8.90. The van der Waals surface area contributed by atoms with E-state index < -0.39 is 0 Å². The maximum Gasteiger partial charge on any atom is 0.0643 e. The van der Waals surface area contributed by atoms with Crippen LogP contribution in [-0.4, -0.2) is 11.8 Å². The first-order valence-electron chi connectivity index (χ1n) is 4.66. The lowest BCUT2D eigenvalue weighted by Crippen LogP contribution is -2.25. The minimum Gasteiger partial charge on any atom is -0.380 e. The number of anilines is 1. The van der Waals surface area contributed by atoms with Crippen LogP contribution in [0.3, 0.4) is 0 Å². The number of fused-ring (bicyclic) bond motifs is 1. The van der Waals surface area contributed by atoms with E-state index in [4.69, 9.17) is 5.26 Å². The first-order chi connectivity index (χ1) is 6.79. The van der Waals surface area contributed by atoms with Crippen molar-refractivity contribution >= 4 is 17.4 Å². The van der Waals surface area contributed by atoms with Gasteiger partial charge in [-0.25, -0.2) is 0 Å². The summed E-state index contributed by atoms with van der Waals surface area (Å²) < 4.78 is 0. The van der Waals surface area contributed by atoms with Crippen LogP contribution in [-0.2, 0) is 0 Å². The number of hydrogen-bond donors (Lipinski definition) is 1. The lowest BCUT2D eigenvalue weighted by molar-refractivity contribution is 0.819. The Labute approximate surface area is 88.3 Å². The van der Waals surface area contributed by atoms with E-state index in [1.807, 2.05) is 11.8 Å². The molecule has 0 bridgehead atoms. The smallest absolute Gasteiger partial charge is 0.0643 e. The van der Waals surface area contributed by atoms with Crippen molar-refractivity contribution < 1.29 is 0 Å². The van der Waals surface area contributed by atoms with Gasteiger partial charge in [0.2, 0.25) is 0 Å². The summed E-state index contributed by atoms with van der Waals surface area (Å²) in [7, 11) is 0. The van der Waals surface area contributed by atoms with Crippen LogP contribution < -0.4 is 5.32 Å². The predicted molar refractivity (Wildman–Crippen MR) is 59.5 cm³/mol. The van der Waals surface area contributed by atoms with Crippen LogP contribution in [0.1, 0.15) is 12.0 Å². The summed E-state index contributed by atoms with van der Waals surface area (Å²) in [5.41, 5.74) is 2.46. The monoisotopic (exact) mass is 204 g/mol. The van der Waals surface area contributed by atoms with E-state index in [9.17, 15) is 0 Å². The van der Waals surface area contributed by atoms with Gasteiger partial charge in [-0.2, -0.15) is 5.26 Å². The van der Waals surface area contributed by atoms with Crippen LogP contribution in [0, 0.1) is 18.3 Å². The van der Waals surface area contributed by atoms with Gasteiger partial charge in [-0.15, -0.1) is 11.8 Å². The maximum atomic E-state index is 8.61. The summed E-state index contributed by atoms with van der Waals surface area (Å²) in [5, 5.41) is 12.0. The number of benzene rings is 1. The van der Waals surface area contributed by atoms with Crippen molar-refractivity contribution in [2.24, 2.45) is 0 Å². The number of thioether (sulfide) groups is 1. The summed E-state index contributed by atoms with van der Waals surface area (Å²) in [5.74, 6) is 0.990. The number of rotatable bonds is 1. The molecule has 1 aromatic rings. The van der Waals surface area contributed by atoms with E-state index in [2.05, 4.69) is 36.5 Å². The lowest BCUT2D eigenvalue weighted by Gasteiger charge is -2.24. The molecular weight excluding hydrogens is 192 g/mol. The average molecular weight is 204 g/mol. The fourth-order valence-electron chi connectivity index (χ4n) is 1.54. The van der Waals surface area contributed by atoms with Crippen molar-refractivity contribution in [1.29, 1.82) is 5.26 Å². The molecule has 0 saturated heterocycles. The molecular formula is C11H12N2S. The Morgan fingerprint density at radius 2 is 2.50 bits per heavy atom. The summed E-state index contributed by atoms with van der Waals surface area (Å²) in [6.07, 6.45) is 0.584. The molecule has 1 N–H and O–H groups in total. The number of aryl methyl sites for hydroxylation is 1. The molecule has 1 aromatic carbocycles. The van der Waals surface area contributed by atoms with Crippen LogP contribution in [0.4, 0.5) is 5.69 Å². The zero-order chi connectivity index (χ0) is 9.97. The Bertz CT molecular complexity index is 381. The topological polar surface area (TPSA) is 35.8 Å². The van der Waals surface area contributed by atoms with E-state index in [-0.39, 0.29) is 0 Å². The zero-order valence-electron chi connectivity index (χ0n) is 8.08. The molecule has 1 aliphatic rings. The molecule has 0 saturated carbocycles. The largest absolute Gasteiger partial charge is 0.380 e. The highest BCUT2D eigenvalue weighted by atomic mass is 32.2. The van der Waals surface area contributed by atoms with Gasteiger partial charge >= 0.3 is 0 Å². The fraction of sp³-hybridized carbons (Fsp3) is 0.364. The van der Waals surface area contributed by atoms with Crippen LogP contribution in [0.5, 0.6) is 0 Å². The molecule has 1 unspecified atom stereocenters. The zero-order valence-corrected chi connectivity index (χ0v) is 8.90. The third-order valence-electron chi connectivity index (χ3n) is 2.27. The highest BCUT2D eigenvalue weighted by molar-refractivity contribution is 7.99. The maximum absolute atomic E-state index is 8.61. The van der Waals surface area contributed by atoms with Crippen molar-refractivity contribution in [3.8, 4) is 6.07 Å². The Hall–Kier alpha value is -1.14. The number of nitriles is 1. The summed E-state index contributed by atoms with van der Waals surface area (Å²) in [6.45, 7) is 2.10. The second-order valence-corrected chi connectivity index (χ2v) is 4.58. The molecule has 2 rings (SSSR count). The van der Waals surface area contributed by atoms with Crippen LogP contribution in [0.25, 0.3) is 0 Å². The third-order valence-corrected chi connectivity index (χ3v) is 3.49. The first-order valence-corrected chi connectivity index (χ1v) is 5.65. The Kier molecular flexibility index (Phi) is 2.64. The minimum absolute atomic E-state index is 0.306. The van der Waals surface area contributed by atoms with E-state index in [0.29, 0.717) is 12.5 Å². The van der Waals surface area contributed by atoms with E-state index in [1.54, 1.807) is 0 Å². The Morgan fingerprint density at radius 1 is 1.64 bits per heavy atom. The molecule has 0 fully saturated rings. The summed E-state index contributed by atoms with van der Waals surface area (Å²) in [4.78, 5) is 1.30. The molecule has 0 aliphatic carbocycles. The standard InChI is InChI=1S/C11H12N2S/c1-8-2-3-10-11(6-8)14-7-9(13-10)4-5-12/h2-3,6,9,13H,4,7H2,1H3. The molecule has 0 spiro atoms. The molecule has 3 heteroatoms. The van der Waals surface area contributed by atoms with Gasteiger partial charge in [0.25, 0.3) is 0 Å². The Balaban J connectivity index is 2.20. The number of nitrogens with one attached hydrogen (secondary N) is 1. The van der Waals surface area contributed by atoms with Gasteiger partial charge in [0, 0.05) is 22.4 Å². The number of nitrogens with zero attached hydrogens (tertiary/aromatic N) is 1. The Morgan fingerprint density at radius 3 is 3.29 bits per heavy atom. The highest BCUT2D eigenvalue weighted by Gasteiger charge is 2.17. The van der Waals surface area contributed by atoms with Gasteiger partial charge in [0.1, 0.15) is 0 Å². The average Bonchev–Trinajstić information content (AvgIpc) is 2.19. The van der Waals surface area contributed by atoms with Crippen LogP contribution >= 0.6 is 11.8 Å². The van der Waals surface area contributed by atoms with E-state index in [1.165, 1.54) is 16.1 Å². The van der Waals surface area contributed by atoms with Crippen LogP contribution in [0.15, 0.2) is 23.1 Å². The van der Waals surface area contributed by atoms with Crippen molar-refractivity contribution in [1.82, 2.24) is 0 Å².